The van der Waals surface area contributed by atoms with Crippen LogP contribution in [0.3, 0.4) is 0 Å². The first-order chi connectivity index (χ1) is 9.72. The molecule has 0 saturated carbocycles. The molecule has 0 atom stereocenters. The van der Waals surface area contributed by atoms with E-state index < -0.39 is 0 Å². The Balaban J connectivity index is 2.62. The maximum absolute atomic E-state index is 10.3. The molecule has 1 N–H and O–H groups in total. The van der Waals surface area contributed by atoms with Crippen LogP contribution in [-0.2, 0) is 0 Å². The van der Waals surface area contributed by atoms with Crippen LogP contribution in [-0.4, -0.2) is 24.9 Å². The number of aromatic hydroxyl groups is 1. The summed E-state index contributed by atoms with van der Waals surface area (Å²) >= 11 is 0. The zero-order chi connectivity index (χ0) is 14.5. The fourth-order valence-electron chi connectivity index (χ4n) is 2.16. The first-order valence-electron chi connectivity index (χ1n) is 6.89. The molecule has 0 fully saturated rings. The van der Waals surface area contributed by atoms with Crippen molar-refractivity contribution in [3.05, 3.63) is 24.3 Å². The summed E-state index contributed by atoms with van der Waals surface area (Å²) in [5, 5.41) is 11.8. The van der Waals surface area contributed by atoms with Crippen LogP contribution in [0.1, 0.15) is 20.8 Å². The summed E-state index contributed by atoms with van der Waals surface area (Å²) < 4.78 is 16.7. The Bertz CT molecular complexity index is 593. The summed E-state index contributed by atoms with van der Waals surface area (Å²) in [5.41, 5.74) is 0. The number of ether oxygens (including phenoxy) is 3. The number of hydrogen-bond donors (Lipinski definition) is 1. The van der Waals surface area contributed by atoms with Gasteiger partial charge in [0.1, 0.15) is 0 Å². The van der Waals surface area contributed by atoms with Gasteiger partial charge < -0.3 is 19.3 Å². The van der Waals surface area contributed by atoms with Gasteiger partial charge in [0.15, 0.2) is 23.0 Å². The molecule has 0 aliphatic rings. The van der Waals surface area contributed by atoms with Crippen molar-refractivity contribution in [2.24, 2.45) is 0 Å². The van der Waals surface area contributed by atoms with E-state index in [9.17, 15) is 5.11 Å². The van der Waals surface area contributed by atoms with Gasteiger partial charge in [0.2, 0.25) is 0 Å². The second-order valence-electron chi connectivity index (χ2n) is 4.20. The molecule has 2 aromatic carbocycles. The number of hydrogen-bond acceptors (Lipinski definition) is 4. The predicted octanol–water partition coefficient (Wildman–Crippen LogP) is 3.74. The molecule has 2 rings (SSSR count). The normalized spacial score (nSPS) is 10.6. The van der Waals surface area contributed by atoms with Gasteiger partial charge in [-0.05, 0) is 45.0 Å². The third-order valence-electron chi connectivity index (χ3n) is 2.94. The minimum absolute atomic E-state index is 0.133. The van der Waals surface area contributed by atoms with Crippen molar-refractivity contribution < 1.29 is 19.3 Å². The lowest BCUT2D eigenvalue weighted by atomic mass is 10.1. The summed E-state index contributed by atoms with van der Waals surface area (Å²) in [4.78, 5) is 0. The molecule has 20 heavy (non-hydrogen) atoms. The molecule has 0 aromatic heterocycles. The maximum atomic E-state index is 10.3. The molecule has 0 amide bonds. The van der Waals surface area contributed by atoms with Crippen LogP contribution in [0.4, 0.5) is 0 Å². The fraction of sp³-hybridized carbons (Fsp3) is 0.375. The van der Waals surface area contributed by atoms with Crippen LogP contribution < -0.4 is 14.2 Å². The highest BCUT2D eigenvalue weighted by atomic mass is 16.5. The van der Waals surface area contributed by atoms with Gasteiger partial charge >= 0.3 is 0 Å². The highest BCUT2D eigenvalue weighted by Crippen LogP contribution is 2.42. The van der Waals surface area contributed by atoms with Crippen LogP contribution in [0.5, 0.6) is 23.0 Å². The van der Waals surface area contributed by atoms with Crippen molar-refractivity contribution in [2.75, 3.05) is 19.8 Å². The third-order valence-corrected chi connectivity index (χ3v) is 2.94. The lowest BCUT2D eigenvalue weighted by Gasteiger charge is -2.15. The van der Waals surface area contributed by atoms with E-state index in [-0.39, 0.29) is 5.75 Å². The summed E-state index contributed by atoms with van der Waals surface area (Å²) in [6.45, 7) is 7.34. The first-order valence-corrected chi connectivity index (χ1v) is 6.89. The van der Waals surface area contributed by atoms with Gasteiger partial charge in [-0.1, -0.05) is 0 Å². The predicted molar refractivity (Wildman–Crippen MR) is 79.1 cm³/mol. The zero-order valence-electron chi connectivity index (χ0n) is 12.1. The zero-order valence-corrected chi connectivity index (χ0v) is 12.1. The topological polar surface area (TPSA) is 47.9 Å². The SMILES string of the molecule is CCOc1ccc2c(OCC)c(OCC)ccc2c1O. The van der Waals surface area contributed by atoms with E-state index in [4.69, 9.17) is 14.2 Å². The molecular formula is C16H20O4. The number of rotatable bonds is 6. The van der Waals surface area contributed by atoms with E-state index in [1.54, 1.807) is 6.07 Å². The second-order valence-corrected chi connectivity index (χ2v) is 4.20. The average Bonchev–Trinajstić information content (AvgIpc) is 2.45. The van der Waals surface area contributed by atoms with Crippen LogP contribution in [0.15, 0.2) is 24.3 Å². The van der Waals surface area contributed by atoms with E-state index in [0.717, 1.165) is 5.39 Å². The minimum atomic E-state index is 0.133. The first kappa shape index (κ1) is 14.3. The number of fused-ring (bicyclic) bond motifs is 1. The van der Waals surface area contributed by atoms with Gasteiger partial charge in [0.25, 0.3) is 0 Å². The van der Waals surface area contributed by atoms with Crippen molar-refractivity contribution in [2.45, 2.75) is 20.8 Å². The largest absolute Gasteiger partial charge is 0.504 e. The van der Waals surface area contributed by atoms with Gasteiger partial charge in [-0.15, -0.1) is 0 Å². The molecule has 4 heteroatoms. The Labute approximate surface area is 118 Å². The maximum Gasteiger partial charge on any atom is 0.169 e. The highest BCUT2D eigenvalue weighted by Gasteiger charge is 2.15. The quantitative estimate of drug-likeness (QED) is 0.873. The van der Waals surface area contributed by atoms with E-state index in [1.807, 2.05) is 39.0 Å². The Morgan fingerprint density at radius 2 is 1.30 bits per heavy atom. The monoisotopic (exact) mass is 276 g/mol. The Morgan fingerprint density at radius 1 is 0.750 bits per heavy atom. The summed E-state index contributed by atoms with van der Waals surface area (Å²) in [5.74, 6) is 1.95. The third kappa shape index (κ3) is 2.59. The van der Waals surface area contributed by atoms with Crippen molar-refractivity contribution in [1.82, 2.24) is 0 Å². The number of phenolic OH excluding ortho intramolecular Hbond substituents is 1. The number of benzene rings is 2. The van der Waals surface area contributed by atoms with Gasteiger partial charge in [0.05, 0.1) is 19.8 Å². The molecule has 0 radical (unpaired) electrons. The van der Waals surface area contributed by atoms with E-state index >= 15 is 0 Å². The molecule has 0 aliphatic carbocycles. The standard InChI is InChI=1S/C16H20O4/c1-4-18-13-9-8-12-11(15(13)17)7-10-14(19-5-2)16(12)20-6-3/h7-10,17H,4-6H2,1-3H3. The Kier molecular flexibility index (Phi) is 4.56. The summed E-state index contributed by atoms with van der Waals surface area (Å²) in [6.07, 6.45) is 0. The molecule has 0 unspecified atom stereocenters. The lowest BCUT2D eigenvalue weighted by Crippen LogP contribution is -1.99. The van der Waals surface area contributed by atoms with Crippen molar-refractivity contribution in [3.8, 4) is 23.0 Å². The smallest absolute Gasteiger partial charge is 0.169 e. The average molecular weight is 276 g/mol. The fourth-order valence-corrected chi connectivity index (χ4v) is 2.16. The summed E-state index contributed by atoms with van der Waals surface area (Å²) in [6, 6.07) is 7.26. The van der Waals surface area contributed by atoms with Crippen molar-refractivity contribution in [1.29, 1.82) is 0 Å². The molecule has 0 spiro atoms. The van der Waals surface area contributed by atoms with E-state index in [0.29, 0.717) is 42.5 Å². The van der Waals surface area contributed by atoms with Crippen molar-refractivity contribution >= 4 is 10.8 Å². The molecule has 0 heterocycles. The van der Waals surface area contributed by atoms with Crippen LogP contribution in [0.25, 0.3) is 10.8 Å². The molecule has 0 saturated heterocycles. The second kappa shape index (κ2) is 6.37. The molecule has 0 bridgehead atoms. The van der Waals surface area contributed by atoms with Gasteiger partial charge in [0, 0.05) is 10.8 Å². The Morgan fingerprint density at radius 3 is 1.95 bits per heavy atom. The van der Waals surface area contributed by atoms with E-state index in [1.165, 1.54) is 0 Å². The number of phenols is 1. The molecule has 108 valence electrons. The van der Waals surface area contributed by atoms with E-state index in [2.05, 4.69) is 0 Å². The lowest BCUT2D eigenvalue weighted by molar-refractivity contribution is 0.290. The minimum Gasteiger partial charge on any atom is -0.504 e. The van der Waals surface area contributed by atoms with Crippen LogP contribution >= 0.6 is 0 Å². The molecule has 2 aromatic rings. The van der Waals surface area contributed by atoms with Crippen LogP contribution in [0, 0.1) is 0 Å². The molecular weight excluding hydrogens is 256 g/mol. The van der Waals surface area contributed by atoms with Gasteiger partial charge in [-0.2, -0.15) is 0 Å². The van der Waals surface area contributed by atoms with Gasteiger partial charge in [-0.25, -0.2) is 0 Å². The summed E-state index contributed by atoms with van der Waals surface area (Å²) in [7, 11) is 0. The molecule has 0 aliphatic heterocycles. The highest BCUT2D eigenvalue weighted by molar-refractivity contribution is 5.96. The molecule has 4 nitrogen and oxygen atoms in total. The van der Waals surface area contributed by atoms with Gasteiger partial charge in [-0.3, -0.25) is 0 Å². The Hall–Kier alpha value is -2.10. The van der Waals surface area contributed by atoms with Crippen molar-refractivity contribution in [3.63, 3.8) is 0 Å². The van der Waals surface area contributed by atoms with Crippen LogP contribution in [0.2, 0.25) is 0 Å².